The summed E-state index contributed by atoms with van der Waals surface area (Å²) in [4.78, 5) is 13.5. The lowest BCUT2D eigenvalue weighted by molar-refractivity contribution is -0.145. The van der Waals surface area contributed by atoms with Crippen LogP contribution < -0.4 is 5.32 Å². The predicted molar refractivity (Wildman–Crippen MR) is 84.6 cm³/mol. The minimum Gasteiger partial charge on any atom is -0.480 e. The van der Waals surface area contributed by atoms with Crippen LogP contribution in [0, 0.1) is 0 Å². The number of hydrogen-bond donors (Lipinski definition) is 2. The van der Waals surface area contributed by atoms with Crippen LogP contribution in [0.15, 0.2) is 24.3 Å². The molecule has 0 aliphatic carbocycles. The fourth-order valence-corrected chi connectivity index (χ4v) is 2.87. The highest BCUT2D eigenvalue weighted by atomic mass is 16.4. The Balaban J connectivity index is 2.18. The first kappa shape index (κ1) is 16.0. The molecule has 0 saturated carbocycles. The van der Waals surface area contributed by atoms with Gasteiger partial charge in [0, 0.05) is 25.7 Å². The van der Waals surface area contributed by atoms with Gasteiger partial charge in [-0.2, -0.15) is 0 Å². The predicted octanol–water partition coefficient (Wildman–Crippen LogP) is 2.40. The van der Waals surface area contributed by atoms with E-state index >= 15 is 0 Å². The van der Waals surface area contributed by atoms with Crippen molar-refractivity contribution in [1.82, 2.24) is 10.2 Å². The van der Waals surface area contributed by atoms with E-state index in [1.165, 1.54) is 11.1 Å². The molecule has 2 unspecified atom stereocenters. The van der Waals surface area contributed by atoms with Gasteiger partial charge in [0.2, 0.25) is 0 Å². The molecule has 4 nitrogen and oxygen atoms in total. The molecule has 0 aromatic heterocycles. The summed E-state index contributed by atoms with van der Waals surface area (Å²) in [6.45, 7) is 10.8. The lowest BCUT2D eigenvalue weighted by Gasteiger charge is -2.38. The van der Waals surface area contributed by atoms with Crippen molar-refractivity contribution in [3.8, 4) is 0 Å². The molecule has 1 heterocycles. The van der Waals surface area contributed by atoms with E-state index in [1.54, 1.807) is 0 Å². The molecule has 2 rings (SSSR count). The van der Waals surface area contributed by atoms with Gasteiger partial charge in [0.25, 0.3) is 0 Å². The molecule has 1 fully saturated rings. The summed E-state index contributed by atoms with van der Waals surface area (Å²) in [5.41, 5.74) is 2.62. The summed E-state index contributed by atoms with van der Waals surface area (Å²) in [6, 6.07) is 8.24. The maximum absolute atomic E-state index is 11.4. The topological polar surface area (TPSA) is 52.6 Å². The van der Waals surface area contributed by atoms with E-state index in [1.807, 2.05) is 0 Å². The fourth-order valence-electron chi connectivity index (χ4n) is 2.87. The Labute approximate surface area is 127 Å². The Morgan fingerprint density at radius 2 is 1.95 bits per heavy atom. The number of rotatable bonds is 3. The highest BCUT2D eigenvalue weighted by Crippen LogP contribution is 2.27. The quantitative estimate of drug-likeness (QED) is 0.897. The Morgan fingerprint density at radius 1 is 1.33 bits per heavy atom. The number of carboxylic acid groups (broad SMARTS) is 1. The number of benzene rings is 1. The maximum atomic E-state index is 11.4. The number of aliphatic carboxylic acids is 1. The summed E-state index contributed by atoms with van der Waals surface area (Å²) < 4.78 is 0. The normalized spacial score (nSPS) is 22.0. The van der Waals surface area contributed by atoms with Crippen LogP contribution in [0.2, 0.25) is 0 Å². The van der Waals surface area contributed by atoms with Crippen LogP contribution >= 0.6 is 0 Å². The smallest absolute Gasteiger partial charge is 0.322 e. The van der Waals surface area contributed by atoms with Crippen molar-refractivity contribution in [2.45, 2.75) is 45.2 Å². The molecule has 1 saturated heterocycles. The van der Waals surface area contributed by atoms with E-state index in [0.29, 0.717) is 6.54 Å². The van der Waals surface area contributed by atoms with E-state index in [0.717, 1.165) is 13.1 Å². The first-order valence-corrected chi connectivity index (χ1v) is 7.60. The minimum atomic E-state index is -0.750. The highest BCUT2D eigenvalue weighted by Gasteiger charge is 2.32. The van der Waals surface area contributed by atoms with Gasteiger partial charge in [-0.25, -0.2) is 0 Å². The minimum absolute atomic E-state index is 0.113. The second kappa shape index (κ2) is 6.16. The standard InChI is InChI=1S/C17H26N2O2/c1-12(19-10-9-18-11-15(19)16(20)21)13-5-7-14(8-6-13)17(2,3)4/h5-8,12,15,18H,9-11H2,1-4H3,(H,20,21). The maximum Gasteiger partial charge on any atom is 0.322 e. The number of hydrogen-bond acceptors (Lipinski definition) is 3. The van der Waals surface area contributed by atoms with Gasteiger partial charge in [0.15, 0.2) is 0 Å². The highest BCUT2D eigenvalue weighted by molar-refractivity contribution is 5.74. The molecular weight excluding hydrogens is 264 g/mol. The van der Waals surface area contributed by atoms with Crippen LogP contribution in [-0.2, 0) is 10.2 Å². The van der Waals surface area contributed by atoms with Crippen LogP contribution in [0.1, 0.15) is 44.9 Å². The number of carbonyl (C=O) groups is 1. The zero-order chi connectivity index (χ0) is 15.6. The van der Waals surface area contributed by atoms with Gasteiger partial charge < -0.3 is 10.4 Å². The molecule has 21 heavy (non-hydrogen) atoms. The first-order valence-electron chi connectivity index (χ1n) is 7.60. The van der Waals surface area contributed by atoms with E-state index in [9.17, 15) is 9.90 Å². The molecule has 1 aromatic carbocycles. The molecule has 2 atom stereocenters. The lowest BCUT2D eigenvalue weighted by Crippen LogP contribution is -2.55. The van der Waals surface area contributed by atoms with Crippen LogP contribution in [0.4, 0.5) is 0 Å². The number of carboxylic acids is 1. The Kier molecular flexibility index (Phi) is 4.69. The SMILES string of the molecule is CC(c1ccc(C(C)(C)C)cc1)N1CCNCC1C(=O)O. The van der Waals surface area contributed by atoms with Crippen molar-refractivity contribution in [2.24, 2.45) is 0 Å². The van der Waals surface area contributed by atoms with E-state index in [-0.39, 0.29) is 11.5 Å². The third kappa shape index (κ3) is 3.63. The monoisotopic (exact) mass is 290 g/mol. The molecule has 0 spiro atoms. The fraction of sp³-hybridized carbons (Fsp3) is 0.588. The zero-order valence-electron chi connectivity index (χ0n) is 13.4. The average Bonchev–Trinajstić information content (AvgIpc) is 2.45. The molecule has 0 bridgehead atoms. The second-order valence-corrected chi connectivity index (χ2v) is 6.84. The molecule has 4 heteroatoms. The molecular formula is C17H26N2O2. The van der Waals surface area contributed by atoms with E-state index in [2.05, 4.69) is 62.2 Å². The van der Waals surface area contributed by atoms with Gasteiger partial charge in [-0.05, 0) is 23.5 Å². The second-order valence-electron chi connectivity index (χ2n) is 6.84. The third-order valence-corrected chi connectivity index (χ3v) is 4.33. The Bertz CT molecular complexity index is 491. The van der Waals surface area contributed by atoms with Crippen molar-refractivity contribution in [3.05, 3.63) is 35.4 Å². The van der Waals surface area contributed by atoms with Crippen LogP contribution in [0.3, 0.4) is 0 Å². The van der Waals surface area contributed by atoms with Crippen molar-refractivity contribution in [3.63, 3.8) is 0 Å². The van der Waals surface area contributed by atoms with Gasteiger partial charge in [-0.1, -0.05) is 45.0 Å². The van der Waals surface area contributed by atoms with Crippen LogP contribution in [0.5, 0.6) is 0 Å². The summed E-state index contributed by atoms with van der Waals surface area (Å²) in [7, 11) is 0. The summed E-state index contributed by atoms with van der Waals surface area (Å²) in [6.07, 6.45) is 0. The number of piperazine rings is 1. The van der Waals surface area contributed by atoms with Crippen LogP contribution in [-0.4, -0.2) is 41.7 Å². The molecule has 116 valence electrons. The molecule has 1 aromatic rings. The van der Waals surface area contributed by atoms with Crippen molar-refractivity contribution >= 4 is 5.97 Å². The molecule has 0 radical (unpaired) electrons. The largest absolute Gasteiger partial charge is 0.480 e. The van der Waals surface area contributed by atoms with Crippen molar-refractivity contribution < 1.29 is 9.90 Å². The van der Waals surface area contributed by atoms with Gasteiger partial charge in [-0.15, -0.1) is 0 Å². The number of nitrogens with zero attached hydrogens (tertiary/aromatic N) is 1. The van der Waals surface area contributed by atoms with Gasteiger partial charge in [-0.3, -0.25) is 9.69 Å². The van der Waals surface area contributed by atoms with Gasteiger partial charge in [0.1, 0.15) is 6.04 Å². The number of nitrogens with one attached hydrogen (secondary N) is 1. The molecule has 1 aliphatic heterocycles. The molecule has 0 amide bonds. The van der Waals surface area contributed by atoms with E-state index < -0.39 is 12.0 Å². The molecule has 1 aliphatic rings. The molecule has 2 N–H and O–H groups in total. The van der Waals surface area contributed by atoms with Crippen molar-refractivity contribution in [1.29, 1.82) is 0 Å². The average molecular weight is 290 g/mol. The summed E-state index contributed by atoms with van der Waals surface area (Å²) in [5.74, 6) is -0.750. The Morgan fingerprint density at radius 3 is 2.48 bits per heavy atom. The van der Waals surface area contributed by atoms with Gasteiger partial charge in [0.05, 0.1) is 0 Å². The van der Waals surface area contributed by atoms with Crippen molar-refractivity contribution in [2.75, 3.05) is 19.6 Å². The zero-order valence-corrected chi connectivity index (χ0v) is 13.4. The Hall–Kier alpha value is -1.39. The van der Waals surface area contributed by atoms with Crippen LogP contribution in [0.25, 0.3) is 0 Å². The third-order valence-electron chi connectivity index (χ3n) is 4.33. The summed E-state index contributed by atoms with van der Waals surface area (Å²) in [5, 5.41) is 12.5. The van der Waals surface area contributed by atoms with E-state index in [4.69, 9.17) is 0 Å². The van der Waals surface area contributed by atoms with Gasteiger partial charge >= 0.3 is 5.97 Å². The summed E-state index contributed by atoms with van der Waals surface area (Å²) >= 11 is 0. The lowest BCUT2D eigenvalue weighted by atomic mass is 9.86. The first-order chi connectivity index (χ1) is 9.80.